The van der Waals surface area contributed by atoms with Crippen molar-refractivity contribution in [3.63, 3.8) is 0 Å². The van der Waals surface area contributed by atoms with E-state index in [1.807, 2.05) is 11.8 Å². The minimum atomic E-state index is -0.952. The summed E-state index contributed by atoms with van der Waals surface area (Å²) in [5.41, 5.74) is 5.94. The van der Waals surface area contributed by atoms with Crippen LogP contribution in [-0.2, 0) is 11.2 Å². The summed E-state index contributed by atoms with van der Waals surface area (Å²) >= 11 is 1.26. The van der Waals surface area contributed by atoms with Gasteiger partial charge in [0, 0.05) is 12.3 Å². The number of likely N-dealkylation sites (tertiary alicyclic amines) is 1. The highest BCUT2D eigenvalue weighted by molar-refractivity contribution is 7.17. The molecule has 0 radical (unpaired) electrons. The molecule has 29 heavy (non-hydrogen) atoms. The van der Waals surface area contributed by atoms with E-state index in [9.17, 15) is 18.7 Å². The Labute approximate surface area is 169 Å². The number of thiazole rings is 1. The lowest BCUT2D eigenvalue weighted by atomic mass is 9.93. The van der Waals surface area contributed by atoms with Crippen LogP contribution in [0, 0.1) is 17.6 Å². The van der Waals surface area contributed by atoms with E-state index in [2.05, 4.69) is 10.1 Å². The number of hydrogen-bond acceptors (Lipinski definition) is 6. The number of fused-ring (bicyclic) bond motifs is 1. The highest BCUT2D eigenvalue weighted by Crippen LogP contribution is 2.41. The molecular formula is C19H21F2N5O2S. The van der Waals surface area contributed by atoms with Gasteiger partial charge in [-0.2, -0.15) is 4.52 Å². The van der Waals surface area contributed by atoms with Crippen LogP contribution < -0.4 is 5.73 Å². The number of rotatable bonds is 5. The molecule has 1 aromatic carbocycles. The highest BCUT2D eigenvalue weighted by atomic mass is 32.1. The number of amides is 1. The number of hydrogen-bond donors (Lipinski definition) is 2. The van der Waals surface area contributed by atoms with Crippen LogP contribution >= 0.6 is 11.3 Å². The molecule has 3 N–H and O–H groups in total. The number of carbonyl (C=O) groups excluding carboxylic acids is 1. The van der Waals surface area contributed by atoms with Crippen molar-refractivity contribution >= 4 is 22.2 Å². The van der Waals surface area contributed by atoms with E-state index in [1.165, 1.54) is 21.9 Å². The SMILES string of the molecule is CCc1nc2sc([C@@H](c3ccc(F)c(F)c3)N3CCC(C(N)=O)CC3)c(O)n2n1. The number of aromatic nitrogens is 3. The molecule has 0 bridgehead atoms. The Morgan fingerprint density at radius 1 is 1.34 bits per heavy atom. The summed E-state index contributed by atoms with van der Waals surface area (Å²) < 4.78 is 28.9. The van der Waals surface area contributed by atoms with Gasteiger partial charge in [0.05, 0.1) is 10.9 Å². The maximum Gasteiger partial charge on any atom is 0.230 e. The maximum atomic E-state index is 14.0. The van der Waals surface area contributed by atoms with Crippen LogP contribution in [0.2, 0.25) is 0 Å². The van der Waals surface area contributed by atoms with Gasteiger partial charge in [-0.25, -0.2) is 13.8 Å². The lowest BCUT2D eigenvalue weighted by Gasteiger charge is -2.36. The molecule has 1 aliphatic heterocycles. The van der Waals surface area contributed by atoms with Gasteiger partial charge >= 0.3 is 0 Å². The van der Waals surface area contributed by atoms with Crippen molar-refractivity contribution in [1.82, 2.24) is 19.5 Å². The van der Waals surface area contributed by atoms with Crippen molar-refractivity contribution < 1.29 is 18.7 Å². The number of nitrogens with zero attached hydrogens (tertiary/aromatic N) is 4. The van der Waals surface area contributed by atoms with Gasteiger partial charge in [0.15, 0.2) is 17.5 Å². The van der Waals surface area contributed by atoms with E-state index in [0.29, 0.717) is 53.6 Å². The normalized spacial score (nSPS) is 17.1. The number of benzene rings is 1. The summed E-state index contributed by atoms with van der Waals surface area (Å²) in [7, 11) is 0. The first-order valence-electron chi connectivity index (χ1n) is 9.44. The molecular weight excluding hydrogens is 400 g/mol. The third-order valence-corrected chi connectivity index (χ3v) is 6.44. The number of halogens is 2. The molecule has 0 unspecified atom stereocenters. The summed E-state index contributed by atoms with van der Waals surface area (Å²) in [4.78, 5) is 19.0. The topological polar surface area (TPSA) is 96.8 Å². The zero-order valence-corrected chi connectivity index (χ0v) is 16.6. The smallest absolute Gasteiger partial charge is 0.230 e. The Morgan fingerprint density at radius 3 is 2.66 bits per heavy atom. The molecule has 1 atom stereocenters. The third-order valence-electron chi connectivity index (χ3n) is 5.36. The van der Waals surface area contributed by atoms with Gasteiger partial charge in [-0.1, -0.05) is 24.3 Å². The number of primary amides is 1. The van der Waals surface area contributed by atoms with Crippen molar-refractivity contribution in [1.29, 1.82) is 0 Å². The number of piperidine rings is 1. The second-order valence-electron chi connectivity index (χ2n) is 7.15. The molecule has 1 amide bonds. The fourth-order valence-corrected chi connectivity index (χ4v) is 4.91. The second kappa shape index (κ2) is 7.68. The lowest BCUT2D eigenvalue weighted by Crippen LogP contribution is -2.40. The fourth-order valence-electron chi connectivity index (χ4n) is 3.77. The molecule has 4 rings (SSSR count). The molecule has 0 saturated carbocycles. The molecule has 1 fully saturated rings. The summed E-state index contributed by atoms with van der Waals surface area (Å²) in [6.45, 7) is 2.99. The predicted molar refractivity (Wildman–Crippen MR) is 104 cm³/mol. The summed E-state index contributed by atoms with van der Waals surface area (Å²) in [5, 5.41) is 15.1. The largest absolute Gasteiger partial charge is 0.492 e. The van der Waals surface area contributed by atoms with E-state index in [1.54, 1.807) is 0 Å². The molecule has 0 aliphatic carbocycles. The van der Waals surface area contributed by atoms with Crippen LogP contribution in [0.25, 0.3) is 4.96 Å². The molecule has 3 heterocycles. The monoisotopic (exact) mass is 421 g/mol. The number of aryl methyl sites for hydroxylation is 1. The quantitative estimate of drug-likeness (QED) is 0.660. The standard InChI is InChI=1S/C19H21F2N5O2S/c1-2-14-23-19-26(24-14)18(28)16(29-19)15(11-3-4-12(20)13(21)9-11)25-7-5-10(6-8-25)17(22)27/h3-4,9-10,15,28H,2,5-8H2,1H3,(H2,22,27)/t15-/m1/s1. The van der Waals surface area contributed by atoms with Crippen LogP contribution in [0.4, 0.5) is 8.78 Å². The summed E-state index contributed by atoms with van der Waals surface area (Å²) in [5.74, 6) is -1.87. The van der Waals surface area contributed by atoms with Crippen molar-refractivity contribution in [3.05, 3.63) is 46.1 Å². The fraction of sp³-hybridized carbons (Fsp3) is 0.421. The molecule has 1 aliphatic rings. The average Bonchev–Trinajstić information content (AvgIpc) is 3.25. The number of carbonyl (C=O) groups is 1. The van der Waals surface area contributed by atoms with Gasteiger partial charge in [0.2, 0.25) is 16.7 Å². The van der Waals surface area contributed by atoms with Crippen molar-refractivity contribution in [2.24, 2.45) is 11.7 Å². The van der Waals surface area contributed by atoms with Crippen LogP contribution in [-0.4, -0.2) is 43.6 Å². The molecule has 1 saturated heterocycles. The molecule has 2 aromatic heterocycles. The van der Waals surface area contributed by atoms with Crippen molar-refractivity contribution in [3.8, 4) is 5.88 Å². The van der Waals surface area contributed by atoms with E-state index in [4.69, 9.17) is 5.73 Å². The van der Waals surface area contributed by atoms with Crippen molar-refractivity contribution in [2.75, 3.05) is 13.1 Å². The van der Waals surface area contributed by atoms with Gasteiger partial charge in [-0.3, -0.25) is 9.69 Å². The van der Waals surface area contributed by atoms with Gasteiger partial charge in [-0.05, 0) is 43.6 Å². The van der Waals surface area contributed by atoms with E-state index >= 15 is 0 Å². The van der Waals surface area contributed by atoms with Gasteiger partial charge in [0.25, 0.3) is 0 Å². The predicted octanol–water partition coefficient (Wildman–Crippen LogP) is 2.62. The summed E-state index contributed by atoms with van der Waals surface area (Å²) in [6, 6.07) is 3.22. The van der Waals surface area contributed by atoms with Crippen LogP contribution in [0.15, 0.2) is 18.2 Å². The number of nitrogens with two attached hydrogens (primary N) is 1. The average molecular weight is 421 g/mol. The van der Waals surface area contributed by atoms with Gasteiger partial charge in [-0.15, -0.1) is 5.10 Å². The zero-order valence-electron chi connectivity index (χ0n) is 15.8. The van der Waals surface area contributed by atoms with Gasteiger partial charge in [0.1, 0.15) is 0 Å². The first-order valence-corrected chi connectivity index (χ1v) is 10.3. The molecule has 3 aromatic rings. The Balaban J connectivity index is 1.76. The van der Waals surface area contributed by atoms with Crippen LogP contribution in [0.3, 0.4) is 0 Å². The second-order valence-corrected chi connectivity index (χ2v) is 8.16. The third kappa shape index (κ3) is 3.58. The Kier molecular flexibility index (Phi) is 5.22. The first kappa shape index (κ1) is 19.7. The molecule has 10 heteroatoms. The zero-order chi connectivity index (χ0) is 20.7. The maximum absolute atomic E-state index is 14.0. The Morgan fingerprint density at radius 2 is 2.07 bits per heavy atom. The van der Waals surface area contributed by atoms with Gasteiger partial charge < -0.3 is 10.8 Å². The minimum absolute atomic E-state index is 0.0658. The Bertz CT molecular complexity index is 1060. The lowest BCUT2D eigenvalue weighted by molar-refractivity contribution is -0.123. The van der Waals surface area contributed by atoms with Crippen LogP contribution in [0.1, 0.15) is 42.1 Å². The summed E-state index contributed by atoms with van der Waals surface area (Å²) in [6.07, 6.45) is 1.77. The highest BCUT2D eigenvalue weighted by Gasteiger charge is 2.33. The van der Waals surface area contributed by atoms with E-state index in [-0.39, 0.29) is 17.7 Å². The van der Waals surface area contributed by atoms with E-state index < -0.39 is 17.7 Å². The first-order chi connectivity index (χ1) is 13.9. The molecule has 7 nitrogen and oxygen atoms in total. The molecule has 0 spiro atoms. The Hall–Kier alpha value is -2.59. The minimum Gasteiger partial charge on any atom is -0.492 e. The van der Waals surface area contributed by atoms with Crippen molar-refractivity contribution in [2.45, 2.75) is 32.2 Å². The van der Waals surface area contributed by atoms with Crippen LogP contribution in [0.5, 0.6) is 5.88 Å². The molecule has 154 valence electrons. The number of aromatic hydroxyl groups is 1. The van der Waals surface area contributed by atoms with E-state index in [0.717, 1.165) is 12.1 Å².